The summed E-state index contributed by atoms with van der Waals surface area (Å²) in [6.45, 7) is 4.56. The molecular formula is C23H22ClF3N6O. The minimum atomic E-state index is -4.45. The lowest BCUT2D eigenvalue weighted by atomic mass is 10.2. The molecule has 1 amide bonds. The number of aryl methyl sites for hydroxylation is 1. The Morgan fingerprint density at radius 2 is 1.88 bits per heavy atom. The quantitative estimate of drug-likeness (QED) is 0.506. The first-order chi connectivity index (χ1) is 16.2. The first kappa shape index (κ1) is 25.1. The van der Waals surface area contributed by atoms with Crippen molar-refractivity contribution in [2.75, 3.05) is 31.1 Å². The minimum absolute atomic E-state index is 0.354. The number of carbonyl (C=O) groups excluding carboxylic acids is 1. The molecule has 1 aromatic carbocycles. The fraction of sp³-hybridized carbons (Fsp3) is 0.304. The predicted octanol–water partition coefficient (Wildman–Crippen LogP) is 4.47. The summed E-state index contributed by atoms with van der Waals surface area (Å²) in [7, 11) is 0. The first-order valence-electron chi connectivity index (χ1n) is 10.4. The molecule has 7 nitrogen and oxygen atoms in total. The molecule has 4 rings (SSSR count). The number of rotatable bonds is 3. The molecule has 0 unspecified atom stereocenters. The molecule has 2 aromatic heterocycles. The van der Waals surface area contributed by atoms with Gasteiger partial charge in [0.15, 0.2) is 5.69 Å². The Bertz CT molecular complexity index is 1170. The van der Waals surface area contributed by atoms with Crippen LogP contribution in [0.15, 0.2) is 48.7 Å². The van der Waals surface area contributed by atoms with E-state index >= 15 is 0 Å². The molecule has 3 aromatic rings. The Kier molecular flexibility index (Phi) is 8.12. The number of nitriles is 1. The summed E-state index contributed by atoms with van der Waals surface area (Å²) in [5.41, 5.74) is 0.481. The number of para-hydroxylation sites is 1. The molecule has 0 saturated carbocycles. The van der Waals surface area contributed by atoms with E-state index in [1.807, 2.05) is 0 Å². The van der Waals surface area contributed by atoms with E-state index in [1.165, 1.54) is 4.68 Å². The summed E-state index contributed by atoms with van der Waals surface area (Å²) in [6, 6.07) is 13.3. The maximum Gasteiger partial charge on any atom is 0.435 e. The van der Waals surface area contributed by atoms with E-state index in [2.05, 4.69) is 21.1 Å². The van der Waals surface area contributed by atoms with Crippen LogP contribution in [0.4, 0.5) is 19.0 Å². The fourth-order valence-electron chi connectivity index (χ4n) is 3.47. The zero-order valence-corrected chi connectivity index (χ0v) is 19.1. The molecule has 0 radical (unpaired) electrons. The highest BCUT2D eigenvalue weighted by Gasteiger charge is 2.34. The second-order valence-electron chi connectivity index (χ2n) is 7.50. The molecule has 1 aliphatic rings. The molecule has 11 heteroatoms. The van der Waals surface area contributed by atoms with Crippen molar-refractivity contribution in [1.82, 2.24) is 19.7 Å². The number of alkyl halides is 3. The summed E-state index contributed by atoms with van der Waals surface area (Å²) in [5.74, 6) is 0.725. The van der Waals surface area contributed by atoms with Crippen LogP contribution in [0.3, 0.4) is 0 Å². The molecule has 0 aliphatic carbocycles. The van der Waals surface area contributed by atoms with Gasteiger partial charge in [-0.15, -0.1) is 0 Å². The lowest BCUT2D eigenvalue weighted by Gasteiger charge is -2.22. The highest BCUT2D eigenvalue weighted by molar-refractivity contribution is 6.32. The molecule has 0 N–H and O–H groups in total. The standard InChI is InChI=1S/C12H14N4O.C11H8ClF3N2/c13-9-11-3-1-4-14-12(11)16-6-2-5-15(10-17)7-8-16;1-7-6-10(11(13,14)15)16-17(7)9-5-3-2-4-8(9)12/h1,3-4,10H,2,5-8H2;2-6H,1H3. The van der Waals surface area contributed by atoms with Gasteiger partial charge in [0.1, 0.15) is 11.9 Å². The van der Waals surface area contributed by atoms with Crippen molar-refractivity contribution in [1.29, 1.82) is 5.26 Å². The normalized spacial score (nSPS) is 14.0. The van der Waals surface area contributed by atoms with E-state index in [0.717, 1.165) is 44.3 Å². The molecule has 34 heavy (non-hydrogen) atoms. The zero-order valence-electron chi connectivity index (χ0n) is 18.3. The summed E-state index contributed by atoms with van der Waals surface area (Å²) < 4.78 is 38.7. The van der Waals surface area contributed by atoms with E-state index in [0.29, 0.717) is 28.5 Å². The van der Waals surface area contributed by atoms with Crippen LogP contribution >= 0.6 is 11.6 Å². The van der Waals surface area contributed by atoms with Crippen LogP contribution in [0.25, 0.3) is 5.69 Å². The Morgan fingerprint density at radius 3 is 2.53 bits per heavy atom. The third-order valence-corrected chi connectivity index (χ3v) is 5.46. The average Bonchev–Trinajstić information content (AvgIpc) is 3.07. The number of nitrogens with zero attached hydrogens (tertiary/aromatic N) is 6. The van der Waals surface area contributed by atoms with Gasteiger partial charge in [0, 0.05) is 38.1 Å². The molecule has 0 bridgehead atoms. The maximum atomic E-state index is 12.5. The second kappa shape index (κ2) is 11.0. The van der Waals surface area contributed by atoms with Crippen LogP contribution < -0.4 is 4.90 Å². The monoisotopic (exact) mass is 490 g/mol. The number of hydrogen-bond acceptors (Lipinski definition) is 5. The summed E-state index contributed by atoms with van der Waals surface area (Å²) >= 11 is 5.91. The highest BCUT2D eigenvalue weighted by Crippen LogP contribution is 2.30. The van der Waals surface area contributed by atoms with Gasteiger partial charge in [-0.1, -0.05) is 23.7 Å². The summed E-state index contributed by atoms with van der Waals surface area (Å²) in [5, 5.41) is 12.9. The van der Waals surface area contributed by atoms with Crippen molar-refractivity contribution in [3.05, 3.63) is 70.6 Å². The van der Waals surface area contributed by atoms with E-state index in [9.17, 15) is 18.0 Å². The second-order valence-corrected chi connectivity index (χ2v) is 7.91. The fourth-order valence-corrected chi connectivity index (χ4v) is 3.69. The van der Waals surface area contributed by atoms with Crippen LogP contribution in [0.2, 0.25) is 5.02 Å². The van der Waals surface area contributed by atoms with Gasteiger partial charge in [0.25, 0.3) is 0 Å². The summed E-state index contributed by atoms with van der Waals surface area (Å²) in [6.07, 6.45) is -0.969. The first-order valence-corrected chi connectivity index (χ1v) is 10.8. The van der Waals surface area contributed by atoms with Gasteiger partial charge in [-0.05, 0) is 43.7 Å². The number of hydrogen-bond donors (Lipinski definition) is 0. The van der Waals surface area contributed by atoms with Crippen molar-refractivity contribution in [3.63, 3.8) is 0 Å². The van der Waals surface area contributed by atoms with Crippen LogP contribution in [0.1, 0.15) is 23.4 Å². The number of pyridine rings is 1. The van der Waals surface area contributed by atoms with Crippen LogP contribution in [-0.4, -0.2) is 52.3 Å². The SMILES string of the molecule is Cc1cc(C(F)(F)F)nn1-c1ccccc1Cl.N#Cc1cccnc1N1CCCN(C=O)CC1. The van der Waals surface area contributed by atoms with Crippen molar-refractivity contribution in [2.45, 2.75) is 19.5 Å². The van der Waals surface area contributed by atoms with Gasteiger partial charge in [-0.3, -0.25) is 4.79 Å². The number of amides is 1. The maximum absolute atomic E-state index is 12.5. The third-order valence-electron chi connectivity index (χ3n) is 5.14. The molecule has 3 heterocycles. The van der Waals surface area contributed by atoms with Crippen LogP contribution in [0, 0.1) is 18.3 Å². The van der Waals surface area contributed by atoms with E-state index in [4.69, 9.17) is 16.9 Å². The van der Waals surface area contributed by atoms with Gasteiger partial charge in [-0.25, -0.2) is 9.67 Å². The van der Waals surface area contributed by atoms with Gasteiger partial charge < -0.3 is 9.80 Å². The van der Waals surface area contributed by atoms with E-state index < -0.39 is 11.9 Å². The molecule has 1 aliphatic heterocycles. The average molecular weight is 491 g/mol. The van der Waals surface area contributed by atoms with Crippen LogP contribution in [-0.2, 0) is 11.0 Å². The number of aromatic nitrogens is 3. The lowest BCUT2D eigenvalue weighted by Crippen LogP contribution is -2.30. The Morgan fingerprint density at radius 1 is 1.12 bits per heavy atom. The van der Waals surface area contributed by atoms with Gasteiger partial charge in [0.2, 0.25) is 6.41 Å². The predicted molar refractivity (Wildman–Crippen MR) is 122 cm³/mol. The van der Waals surface area contributed by atoms with Crippen molar-refractivity contribution >= 4 is 23.8 Å². The lowest BCUT2D eigenvalue weighted by molar-refractivity contribution is -0.141. The number of halogens is 4. The van der Waals surface area contributed by atoms with Gasteiger partial charge >= 0.3 is 6.18 Å². The Balaban J connectivity index is 0.000000191. The Labute approximate surface area is 200 Å². The van der Waals surface area contributed by atoms with Crippen molar-refractivity contribution in [3.8, 4) is 11.8 Å². The van der Waals surface area contributed by atoms with Crippen molar-refractivity contribution in [2.24, 2.45) is 0 Å². The number of anilines is 1. The third kappa shape index (κ3) is 6.05. The van der Waals surface area contributed by atoms with E-state index in [1.54, 1.807) is 54.4 Å². The molecular weight excluding hydrogens is 469 g/mol. The highest BCUT2D eigenvalue weighted by atomic mass is 35.5. The molecule has 178 valence electrons. The van der Waals surface area contributed by atoms with Gasteiger partial charge in [-0.2, -0.15) is 23.5 Å². The van der Waals surface area contributed by atoms with E-state index in [-0.39, 0.29) is 0 Å². The smallest absolute Gasteiger partial charge is 0.354 e. The zero-order chi connectivity index (χ0) is 24.7. The molecule has 0 spiro atoms. The number of benzene rings is 1. The molecule has 1 fully saturated rings. The van der Waals surface area contributed by atoms with Crippen molar-refractivity contribution < 1.29 is 18.0 Å². The topological polar surface area (TPSA) is 78.1 Å². The van der Waals surface area contributed by atoms with Gasteiger partial charge in [0.05, 0.1) is 16.3 Å². The summed E-state index contributed by atoms with van der Waals surface area (Å²) in [4.78, 5) is 18.8. The largest absolute Gasteiger partial charge is 0.435 e. The molecule has 0 atom stereocenters. The van der Waals surface area contributed by atoms with Crippen LogP contribution in [0.5, 0.6) is 0 Å². The molecule has 1 saturated heterocycles. The number of carbonyl (C=O) groups is 1. The minimum Gasteiger partial charge on any atom is -0.354 e. The Hall–Kier alpha value is -3.58.